The van der Waals surface area contributed by atoms with E-state index in [1.807, 2.05) is 4.90 Å². The summed E-state index contributed by atoms with van der Waals surface area (Å²) in [5, 5.41) is 4.18. The molecule has 2 aromatic heterocycles. The number of nitrogens with zero attached hydrogens (tertiary/aromatic N) is 4. The summed E-state index contributed by atoms with van der Waals surface area (Å²) >= 11 is 2.97. The Balaban J connectivity index is 1.36. The van der Waals surface area contributed by atoms with Crippen LogP contribution in [0.3, 0.4) is 0 Å². The van der Waals surface area contributed by atoms with Crippen LogP contribution in [0.25, 0.3) is 6.08 Å². The van der Waals surface area contributed by atoms with E-state index >= 15 is 0 Å². The molecule has 1 aliphatic heterocycles. The third-order valence-corrected chi connectivity index (χ3v) is 6.85. The molecule has 4 rings (SSSR count). The van der Waals surface area contributed by atoms with Gasteiger partial charge in [0.25, 0.3) is 0 Å². The summed E-state index contributed by atoms with van der Waals surface area (Å²) in [6.07, 6.45) is 3.15. The number of piperazine rings is 1. The first-order valence-electron chi connectivity index (χ1n) is 10.2. The highest BCUT2D eigenvalue weighted by Gasteiger charge is 2.22. The minimum Gasteiger partial charge on any atom is -0.337 e. The van der Waals surface area contributed by atoms with Gasteiger partial charge in [-0.25, -0.2) is 9.37 Å². The maximum absolute atomic E-state index is 14.2. The van der Waals surface area contributed by atoms with Crippen LogP contribution < -0.4 is 4.90 Å². The highest BCUT2D eigenvalue weighted by atomic mass is 32.1. The van der Waals surface area contributed by atoms with Crippen LogP contribution in [0, 0.1) is 5.82 Å². The minimum absolute atomic E-state index is 0.0622. The number of rotatable bonds is 6. The van der Waals surface area contributed by atoms with Crippen LogP contribution in [-0.4, -0.2) is 52.8 Å². The lowest BCUT2D eigenvalue weighted by Gasteiger charge is -2.33. The van der Waals surface area contributed by atoms with Gasteiger partial charge in [0, 0.05) is 56.0 Å². The van der Waals surface area contributed by atoms with Gasteiger partial charge in [-0.15, -0.1) is 22.7 Å². The summed E-state index contributed by atoms with van der Waals surface area (Å²) in [4.78, 5) is 35.9. The number of benzene rings is 1. The van der Waals surface area contributed by atoms with Crippen LogP contribution in [0.1, 0.15) is 17.5 Å². The number of anilines is 2. The predicted octanol–water partition coefficient (Wildman–Crippen LogP) is 4.39. The lowest BCUT2D eigenvalue weighted by atomic mass is 10.2. The second-order valence-corrected chi connectivity index (χ2v) is 9.24. The maximum Gasteiger partial charge on any atom is 0.246 e. The van der Waals surface area contributed by atoms with Crippen molar-refractivity contribution in [2.24, 2.45) is 0 Å². The fourth-order valence-corrected chi connectivity index (χ4v) is 5.10. The van der Waals surface area contributed by atoms with E-state index in [2.05, 4.69) is 27.4 Å². The van der Waals surface area contributed by atoms with Crippen molar-refractivity contribution in [1.82, 2.24) is 14.8 Å². The van der Waals surface area contributed by atoms with E-state index < -0.39 is 5.82 Å². The average Bonchev–Trinajstić information content (AvgIpc) is 3.46. The average molecular weight is 471 g/mol. The fourth-order valence-electron chi connectivity index (χ4n) is 3.51. The van der Waals surface area contributed by atoms with Crippen molar-refractivity contribution in [2.45, 2.75) is 13.5 Å². The molecule has 0 aliphatic carbocycles. The number of thiazole rings is 1. The summed E-state index contributed by atoms with van der Waals surface area (Å²) < 4.78 is 14.2. The molecule has 2 amide bonds. The van der Waals surface area contributed by atoms with Gasteiger partial charge in [0.2, 0.25) is 11.8 Å². The Kier molecular flexibility index (Phi) is 7.09. The molecule has 0 spiro atoms. The summed E-state index contributed by atoms with van der Waals surface area (Å²) in [5.74, 6) is -0.896. The molecule has 3 heterocycles. The van der Waals surface area contributed by atoms with Gasteiger partial charge in [-0.1, -0.05) is 18.2 Å². The fraction of sp³-hybridized carbons (Fsp3) is 0.261. The lowest BCUT2D eigenvalue weighted by molar-refractivity contribution is -0.127. The Morgan fingerprint density at radius 1 is 1.12 bits per heavy atom. The first kappa shape index (κ1) is 22.3. The van der Waals surface area contributed by atoms with Crippen molar-refractivity contribution >= 4 is 51.4 Å². The van der Waals surface area contributed by atoms with Gasteiger partial charge in [0.05, 0.1) is 11.4 Å². The number of carbonyl (C=O) groups is 2. The Bertz CT molecular complexity index is 1100. The largest absolute Gasteiger partial charge is 0.337 e. The van der Waals surface area contributed by atoms with Gasteiger partial charge in [0.15, 0.2) is 5.13 Å². The number of amides is 2. The van der Waals surface area contributed by atoms with E-state index in [0.29, 0.717) is 23.9 Å². The number of hydrogen-bond acceptors (Lipinski definition) is 6. The van der Waals surface area contributed by atoms with Gasteiger partial charge < -0.3 is 4.90 Å². The topological polar surface area (TPSA) is 56.8 Å². The van der Waals surface area contributed by atoms with Crippen LogP contribution in [0.15, 0.2) is 53.2 Å². The number of thiophene rings is 1. The summed E-state index contributed by atoms with van der Waals surface area (Å²) in [7, 11) is 0. The van der Waals surface area contributed by atoms with Crippen molar-refractivity contribution in [3.05, 3.63) is 69.6 Å². The second kappa shape index (κ2) is 10.2. The van der Waals surface area contributed by atoms with Crippen molar-refractivity contribution < 1.29 is 14.0 Å². The Hall–Kier alpha value is -2.88. The van der Waals surface area contributed by atoms with E-state index in [4.69, 9.17) is 0 Å². The zero-order chi connectivity index (χ0) is 22.5. The quantitative estimate of drug-likeness (QED) is 0.502. The molecule has 166 valence electrons. The summed E-state index contributed by atoms with van der Waals surface area (Å²) in [5.41, 5.74) is 0.707. The molecule has 1 saturated heterocycles. The number of para-hydroxylation sites is 1. The second-order valence-electron chi connectivity index (χ2n) is 7.37. The van der Waals surface area contributed by atoms with E-state index in [-0.39, 0.29) is 17.5 Å². The zero-order valence-corrected chi connectivity index (χ0v) is 19.2. The summed E-state index contributed by atoms with van der Waals surface area (Å²) in [6.45, 7) is 5.34. The molecule has 0 saturated carbocycles. The highest BCUT2D eigenvalue weighted by molar-refractivity contribution is 7.14. The first-order chi connectivity index (χ1) is 15.5. The number of halogens is 1. The van der Waals surface area contributed by atoms with Crippen molar-refractivity contribution in [2.75, 3.05) is 31.1 Å². The van der Waals surface area contributed by atoms with E-state index in [0.717, 1.165) is 19.6 Å². The lowest BCUT2D eigenvalue weighted by Crippen LogP contribution is -2.47. The maximum atomic E-state index is 14.2. The number of carbonyl (C=O) groups excluding carboxylic acids is 2. The molecule has 0 unspecified atom stereocenters. The molecule has 3 aromatic rings. The molecule has 1 aromatic carbocycles. The molecule has 9 heteroatoms. The molecule has 0 N–H and O–H groups in total. The molecule has 1 fully saturated rings. The minimum atomic E-state index is -0.497. The number of hydrogen-bond donors (Lipinski definition) is 0. The molecular formula is C23H23FN4O2S2. The first-order valence-corrected chi connectivity index (χ1v) is 12.0. The van der Waals surface area contributed by atoms with Gasteiger partial charge in [-0.2, -0.15) is 0 Å². The summed E-state index contributed by atoms with van der Waals surface area (Å²) in [6, 6.07) is 10.3. The van der Waals surface area contributed by atoms with E-state index in [1.54, 1.807) is 34.9 Å². The van der Waals surface area contributed by atoms with E-state index in [9.17, 15) is 14.0 Å². The normalized spacial score (nSPS) is 14.8. The molecule has 32 heavy (non-hydrogen) atoms. The van der Waals surface area contributed by atoms with Gasteiger partial charge in [-0.3, -0.25) is 19.4 Å². The number of aromatic nitrogens is 1. The van der Waals surface area contributed by atoms with Crippen LogP contribution in [0.5, 0.6) is 0 Å². The monoisotopic (exact) mass is 470 g/mol. The van der Waals surface area contributed by atoms with E-state index in [1.165, 1.54) is 46.2 Å². The Labute approximate surface area is 194 Å². The molecule has 1 aliphatic rings. The Morgan fingerprint density at radius 3 is 2.59 bits per heavy atom. The molecule has 0 atom stereocenters. The van der Waals surface area contributed by atoms with Gasteiger partial charge in [-0.05, 0) is 29.7 Å². The van der Waals surface area contributed by atoms with Crippen molar-refractivity contribution in [3.8, 4) is 0 Å². The Morgan fingerprint density at radius 2 is 1.91 bits per heavy atom. The van der Waals surface area contributed by atoms with Gasteiger partial charge >= 0.3 is 0 Å². The molecule has 0 radical (unpaired) electrons. The van der Waals surface area contributed by atoms with Crippen molar-refractivity contribution in [3.63, 3.8) is 0 Å². The van der Waals surface area contributed by atoms with Gasteiger partial charge in [0.1, 0.15) is 5.82 Å². The van der Waals surface area contributed by atoms with Crippen LogP contribution in [0.2, 0.25) is 0 Å². The molecule has 0 bridgehead atoms. The van der Waals surface area contributed by atoms with Crippen LogP contribution in [0.4, 0.5) is 15.2 Å². The third-order valence-electron chi connectivity index (χ3n) is 5.15. The third kappa shape index (κ3) is 5.29. The zero-order valence-electron chi connectivity index (χ0n) is 17.6. The van der Waals surface area contributed by atoms with Crippen molar-refractivity contribution in [1.29, 1.82) is 0 Å². The molecular weight excluding hydrogens is 447 g/mol. The highest BCUT2D eigenvalue weighted by Crippen LogP contribution is 2.31. The standard InChI is InChI=1S/C23H23FN4O2S2/c1-17(29)28(21-7-3-2-6-20(21)24)23-25-18(16-32-23)8-9-22(30)27-12-10-26(11-13-27)15-19-5-4-14-31-19/h2-9,14,16H,10-13,15H2,1H3/b9-8+. The van der Waals surface area contributed by atoms with Crippen LogP contribution >= 0.6 is 22.7 Å². The molecule has 6 nitrogen and oxygen atoms in total. The predicted molar refractivity (Wildman–Crippen MR) is 127 cm³/mol. The SMILES string of the molecule is CC(=O)N(c1nc(/C=C/C(=O)N2CCN(Cc3cccs3)CC2)cs1)c1ccccc1F. The smallest absolute Gasteiger partial charge is 0.246 e. The van der Waals surface area contributed by atoms with Crippen LogP contribution in [-0.2, 0) is 16.1 Å².